The van der Waals surface area contributed by atoms with Gasteiger partial charge in [-0.1, -0.05) is 40.2 Å². The molecule has 0 aliphatic carbocycles. The summed E-state index contributed by atoms with van der Waals surface area (Å²) in [6, 6.07) is 13.7. The highest BCUT2D eigenvalue weighted by Crippen LogP contribution is 2.16. The van der Waals surface area contributed by atoms with Gasteiger partial charge in [0.25, 0.3) is 0 Å². The number of hydrogen-bond donors (Lipinski definition) is 1. The zero-order chi connectivity index (χ0) is 15.2. The van der Waals surface area contributed by atoms with Crippen LogP contribution in [0.15, 0.2) is 59.1 Å². The molecule has 0 bridgehead atoms. The molecule has 0 aliphatic rings. The Kier molecular flexibility index (Phi) is 5.28. The van der Waals surface area contributed by atoms with Crippen LogP contribution in [0.3, 0.4) is 0 Å². The molecule has 1 atom stereocenters. The van der Waals surface area contributed by atoms with E-state index in [-0.39, 0.29) is 17.8 Å². The molecule has 21 heavy (non-hydrogen) atoms. The van der Waals surface area contributed by atoms with Crippen LogP contribution in [0.2, 0.25) is 0 Å². The Balaban J connectivity index is 1.94. The predicted octanol–water partition coefficient (Wildman–Crippen LogP) is 4.48. The van der Waals surface area contributed by atoms with Crippen molar-refractivity contribution in [3.63, 3.8) is 0 Å². The van der Waals surface area contributed by atoms with Gasteiger partial charge in [0.05, 0.1) is 6.04 Å². The summed E-state index contributed by atoms with van der Waals surface area (Å²) in [5.41, 5.74) is 1.81. The third kappa shape index (κ3) is 4.83. The number of carbonyl (C=O) groups excluding carboxylic acids is 1. The predicted molar refractivity (Wildman–Crippen MR) is 86.1 cm³/mol. The van der Waals surface area contributed by atoms with Gasteiger partial charge in [-0.25, -0.2) is 4.39 Å². The first-order valence-corrected chi connectivity index (χ1v) is 7.33. The molecular formula is C17H15BrFNO. The minimum Gasteiger partial charge on any atom is -0.346 e. The summed E-state index contributed by atoms with van der Waals surface area (Å²) in [4.78, 5) is 11.9. The smallest absolute Gasteiger partial charge is 0.244 e. The molecule has 0 fully saturated rings. The van der Waals surface area contributed by atoms with Gasteiger partial charge in [-0.05, 0) is 48.4 Å². The normalized spacial score (nSPS) is 12.3. The zero-order valence-corrected chi connectivity index (χ0v) is 13.1. The SMILES string of the molecule is C[C@H](NC(=O)/C=C/c1ccc(F)cc1)c1ccc(Br)cc1. The number of amides is 1. The van der Waals surface area contributed by atoms with E-state index >= 15 is 0 Å². The van der Waals surface area contributed by atoms with Crippen molar-refractivity contribution in [1.29, 1.82) is 0 Å². The number of hydrogen-bond acceptors (Lipinski definition) is 1. The summed E-state index contributed by atoms with van der Waals surface area (Å²) >= 11 is 3.38. The average Bonchev–Trinajstić information content (AvgIpc) is 2.47. The first-order chi connectivity index (χ1) is 10.0. The topological polar surface area (TPSA) is 29.1 Å². The van der Waals surface area contributed by atoms with Gasteiger partial charge >= 0.3 is 0 Å². The van der Waals surface area contributed by atoms with Crippen LogP contribution in [-0.4, -0.2) is 5.91 Å². The fourth-order valence-electron chi connectivity index (χ4n) is 1.84. The standard InChI is InChI=1S/C17H15BrFNO/c1-12(14-5-7-15(18)8-6-14)20-17(21)11-4-13-2-9-16(19)10-3-13/h2-12H,1H3,(H,20,21)/b11-4+/t12-/m0/s1. The van der Waals surface area contributed by atoms with Crippen molar-refractivity contribution in [2.24, 2.45) is 0 Å². The van der Waals surface area contributed by atoms with Crippen LogP contribution in [0, 0.1) is 5.82 Å². The van der Waals surface area contributed by atoms with E-state index in [1.165, 1.54) is 18.2 Å². The first kappa shape index (κ1) is 15.4. The van der Waals surface area contributed by atoms with Crippen LogP contribution < -0.4 is 5.32 Å². The first-order valence-electron chi connectivity index (χ1n) is 6.54. The van der Waals surface area contributed by atoms with E-state index < -0.39 is 0 Å². The average molecular weight is 348 g/mol. The number of carbonyl (C=O) groups is 1. The van der Waals surface area contributed by atoms with Crippen molar-refractivity contribution in [2.45, 2.75) is 13.0 Å². The van der Waals surface area contributed by atoms with Crippen molar-refractivity contribution >= 4 is 27.9 Å². The van der Waals surface area contributed by atoms with Gasteiger partial charge in [-0.2, -0.15) is 0 Å². The van der Waals surface area contributed by atoms with Crippen LogP contribution >= 0.6 is 15.9 Å². The Labute approximate surface area is 131 Å². The van der Waals surface area contributed by atoms with Gasteiger partial charge in [0, 0.05) is 10.5 Å². The molecule has 0 aliphatic heterocycles. The Hall–Kier alpha value is -1.94. The number of nitrogens with one attached hydrogen (secondary N) is 1. The third-order valence-electron chi connectivity index (χ3n) is 3.03. The summed E-state index contributed by atoms with van der Waals surface area (Å²) in [7, 11) is 0. The van der Waals surface area contributed by atoms with E-state index in [9.17, 15) is 9.18 Å². The molecule has 2 aromatic rings. The van der Waals surface area contributed by atoms with E-state index in [1.54, 1.807) is 18.2 Å². The molecule has 1 N–H and O–H groups in total. The number of halogens is 2. The van der Waals surface area contributed by atoms with Crippen LogP contribution in [-0.2, 0) is 4.79 Å². The fraction of sp³-hybridized carbons (Fsp3) is 0.118. The highest BCUT2D eigenvalue weighted by Gasteiger charge is 2.06. The van der Waals surface area contributed by atoms with Crippen LogP contribution in [0.25, 0.3) is 6.08 Å². The minimum atomic E-state index is -0.291. The van der Waals surface area contributed by atoms with E-state index in [1.807, 2.05) is 31.2 Å². The second-order valence-corrected chi connectivity index (χ2v) is 5.58. The Morgan fingerprint density at radius 1 is 1.14 bits per heavy atom. The molecule has 1 amide bonds. The Morgan fingerprint density at radius 3 is 2.38 bits per heavy atom. The maximum absolute atomic E-state index is 12.8. The summed E-state index contributed by atoms with van der Waals surface area (Å²) in [6.45, 7) is 1.92. The summed E-state index contributed by atoms with van der Waals surface area (Å²) in [6.07, 6.45) is 3.10. The lowest BCUT2D eigenvalue weighted by atomic mass is 10.1. The van der Waals surface area contributed by atoms with Crippen molar-refractivity contribution in [3.05, 3.63) is 76.0 Å². The molecule has 0 saturated carbocycles. The third-order valence-corrected chi connectivity index (χ3v) is 3.55. The molecule has 4 heteroatoms. The van der Waals surface area contributed by atoms with Gasteiger partial charge in [0.2, 0.25) is 5.91 Å². The number of benzene rings is 2. The maximum Gasteiger partial charge on any atom is 0.244 e. The molecule has 2 aromatic carbocycles. The lowest BCUT2D eigenvalue weighted by Gasteiger charge is -2.12. The van der Waals surface area contributed by atoms with E-state index in [0.717, 1.165) is 15.6 Å². The lowest BCUT2D eigenvalue weighted by Crippen LogP contribution is -2.24. The summed E-state index contributed by atoms with van der Waals surface area (Å²) in [5, 5.41) is 2.88. The maximum atomic E-state index is 12.8. The van der Waals surface area contributed by atoms with Crippen LogP contribution in [0.5, 0.6) is 0 Å². The van der Waals surface area contributed by atoms with Crippen LogP contribution in [0.4, 0.5) is 4.39 Å². The molecular weight excluding hydrogens is 333 g/mol. The Bertz CT molecular complexity index is 635. The largest absolute Gasteiger partial charge is 0.346 e. The molecule has 0 spiro atoms. The molecule has 2 nitrogen and oxygen atoms in total. The van der Waals surface area contributed by atoms with E-state index in [4.69, 9.17) is 0 Å². The molecule has 108 valence electrons. The molecule has 0 heterocycles. The van der Waals surface area contributed by atoms with Gasteiger partial charge in [0.15, 0.2) is 0 Å². The van der Waals surface area contributed by atoms with Crippen molar-refractivity contribution in [2.75, 3.05) is 0 Å². The fourth-order valence-corrected chi connectivity index (χ4v) is 2.11. The lowest BCUT2D eigenvalue weighted by molar-refractivity contribution is -0.117. The summed E-state index contributed by atoms with van der Waals surface area (Å²) < 4.78 is 13.8. The molecule has 0 unspecified atom stereocenters. The van der Waals surface area contributed by atoms with E-state index in [2.05, 4.69) is 21.2 Å². The van der Waals surface area contributed by atoms with Gasteiger partial charge in [-0.3, -0.25) is 4.79 Å². The molecule has 2 rings (SSSR count). The van der Waals surface area contributed by atoms with Crippen molar-refractivity contribution in [1.82, 2.24) is 5.32 Å². The quantitative estimate of drug-likeness (QED) is 0.811. The molecule has 0 aromatic heterocycles. The second-order valence-electron chi connectivity index (χ2n) is 4.67. The van der Waals surface area contributed by atoms with Crippen LogP contribution in [0.1, 0.15) is 24.1 Å². The second kappa shape index (κ2) is 7.18. The van der Waals surface area contributed by atoms with E-state index in [0.29, 0.717) is 0 Å². The van der Waals surface area contributed by atoms with Gasteiger partial charge < -0.3 is 5.32 Å². The monoisotopic (exact) mass is 347 g/mol. The highest BCUT2D eigenvalue weighted by molar-refractivity contribution is 9.10. The Morgan fingerprint density at radius 2 is 1.76 bits per heavy atom. The minimum absolute atomic E-state index is 0.0801. The van der Waals surface area contributed by atoms with Gasteiger partial charge in [0.1, 0.15) is 5.82 Å². The highest BCUT2D eigenvalue weighted by atomic mass is 79.9. The van der Waals surface area contributed by atoms with Crippen molar-refractivity contribution in [3.8, 4) is 0 Å². The van der Waals surface area contributed by atoms with Gasteiger partial charge in [-0.15, -0.1) is 0 Å². The summed E-state index contributed by atoms with van der Waals surface area (Å²) in [5.74, 6) is -0.477. The molecule has 0 saturated heterocycles. The number of rotatable bonds is 4. The zero-order valence-electron chi connectivity index (χ0n) is 11.5. The molecule has 0 radical (unpaired) electrons. The van der Waals surface area contributed by atoms with Crippen molar-refractivity contribution < 1.29 is 9.18 Å².